The Morgan fingerprint density at radius 3 is 2.80 bits per heavy atom. The van der Waals surface area contributed by atoms with Gasteiger partial charge in [-0.3, -0.25) is 9.59 Å². The van der Waals surface area contributed by atoms with Gasteiger partial charge in [0.25, 0.3) is 5.91 Å². The molecule has 0 fully saturated rings. The molecular formula is C14H15FN2O3. The Labute approximate surface area is 114 Å². The van der Waals surface area contributed by atoms with Gasteiger partial charge in [0.05, 0.1) is 17.7 Å². The minimum absolute atomic E-state index is 0.157. The van der Waals surface area contributed by atoms with Crippen molar-refractivity contribution < 1.29 is 14.3 Å². The Hall–Kier alpha value is -2.21. The number of aliphatic hydroxyl groups excluding tert-OH is 1. The lowest BCUT2D eigenvalue weighted by atomic mass is 10.1. The molecule has 6 heteroatoms. The topological polar surface area (TPSA) is 73.4 Å². The number of halogens is 1. The summed E-state index contributed by atoms with van der Waals surface area (Å²) in [6, 6.07) is 5.07. The van der Waals surface area contributed by atoms with Crippen molar-refractivity contribution in [2.45, 2.75) is 6.92 Å². The van der Waals surface area contributed by atoms with E-state index in [9.17, 15) is 14.0 Å². The number of carbonyl (C=O) groups excluding carboxylic acids is 1. The van der Waals surface area contributed by atoms with Crippen LogP contribution in [0.1, 0.15) is 17.3 Å². The molecule has 1 heterocycles. The summed E-state index contributed by atoms with van der Waals surface area (Å²) in [5, 5.41) is 9.44. The van der Waals surface area contributed by atoms with Gasteiger partial charge in [-0.05, 0) is 25.1 Å². The Kier molecular flexibility index (Phi) is 4.14. The van der Waals surface area contributed by atoms with Crippen LogP contribution < -0.4 is 5.56 Å². The average Bonchev–Trinajstić information content (AvgIpc) is 2.42. The smallest absolute Gasteiger partial charge is 0.254 e. The fraction of sp³-hybridized carbons (Fsp3) is 0.286. The average molecular weight is 278 g/mol. The summed E-state index contributed by atoms with van der Waals surface area (Å²) in [6.07, 6.45) is 0. The third-order valence-corrected chi connectivity index (χ3v) is 3.07. The Morgan fingerprint density at radius 2 is 2.15 bits per heavy atom. The molecule has 0 aliphatic rings. The maximum Gasteiger partial charge on any atom is 0.254 e. The predicted octanol–water partition coefficient (Wildman–Crippen LogP) is 1.12. The van der Waals surface area contributed by atoms with Crippen LogP contribution in [0.5, 0.6) is 0 Å². The van der Waals surface area contributed by atoms with E-state index in [2.05, 4.69) is 4.98 Å². The third-order valence-electron chi connectivity index (χ3n) is 3.07. The van der Waals surface area contributed by atoms with Gasteiger partial charge >= 0.3 is 0 Å². The number of H-pyrrole nitrogens is 1. The fourth-order valence-electron chi connectivity index (χ4n) is 2.10. The Morgan fingerprint density at radius 1 is 1.40 bits per heavy atom. The number of carbonyl (C=O) groups is 1. The molecule has 2 rings (SSSR count). The number of aliphatic hydroxyl groups is 1. The number of fused-ring (bicyclic) bond motifs is 1. The van der Waals surface area contributed by atoms with E-state index in [0.717, 1.165) is 0 Å². The fourth-order valence-corrected chi connectivity index (χ4v) is 2.10. The first kappa shape index (κ1) is 14.2. The number of amides is 1. The van der Waals surface area contributed by atoms with E-state index in [1.807, 2.05) is 0 Å². The number of likely N-dealkylation sites (N-methyl/N-ethyl adjacent to an activating group) is 1. The molecule has 0 unspecified atom stereocenters. The first-order valence-electron chi connectivity index (χ1n) is 6.29. The highest BCUT2D eigenvalue weighted by atomic mass is 19.1. The molecule has 0 bridgehead atoms. The summed E-state index contributed by atoms with van der Waals surface area (Å²) in [4.78, 5) is 27.9. The summed E-state index contributed by atoms with van der Waals surface area (Å²) >= 11 is 0. The highest BCUT2D eigenvalue weighted by molar-refractivity contribution is 6.05. The summed E-state index contributed by atoms with van der Waals surface area (Å²) in [6.45, 7) is 2.22. The van der Waals surface area contributed by atoms with Crippen molar-refractivity contribution in [3.05, 3.63) is 46.0 Å². The molecular weight excluding hydrogens is 263 g/mol. The van der Waals surface area contributed by atoms with E-state index < -0.39 is 11.4 Å². The zero-order chi connectivity index (χ0) is 14.7. The number of aromatic nitrogens is 1. The summed E-state index contributed by atoms with van der Waals surface area (Å²) in [7, 11) is 0. The molecule has 0 aliphatic heterocycles. The molecule has 1 aromatic carbocycles. The largest absolute Gasteiger partial charge is 0.395 e. The molecule has 0 aliphatic carbocycles. The quantitative estimate of drug-likeness (QED) is 0.880. The molecule has 2 N–H and O–H groups in total. The lowest BCUT2D eigenvalue weighted by Crippen LogP contribution is -2.34. The number of pyridine rings is 1. The number of nitrogens with zero attached hydrogens (tertiary/aromatic N) is 1. The molecule has 5 nitrogen and oxygen atoms in total. The first-order chi connectivity index (χ1) is 9.56. The molecule has 0 saturated heterocycles. The molecule has 0 saturated carbocycles. The molecule has 1 amide bonds. The Bertz CT molecular complexity index is 696. The van der Waals surface area contributed by atoms with Crippen LogP contribution in [0, 0.1) is 5.82 Å². The molecule has 106 valence electrons. The van der Waals surface area contributed by atoms with Crippen LogP contribution in [0.15, 0.2) is 29.1 Å². The number of benzene rings is 1. The van der Waals surface area contributed by atoms with Crippen LogP contribution in [0.3, 0.4) is 0 Å². The molecule has 0 radical (unpaired) electrons. The van der Waals surface area contributed by atoms with Gasteiger partial charge in [-0.25, -0.2) is 4.39 Å². The number of hydrogen-bond acceptors (Lipinski definition) is 3. The van der Waals surface area contributed by atoms with E-state index in [1.165, 1.54) is 29.2 Å². The van der Waals surface area contributed by atoms with Gasteiger partial charge in [0.1, 0.15) is 5.82 Å². The maximum atomic E-state index is 13.2. The normalized spacial score (nSPS) is 10.8. The lowest BCUT2D eigenvalue weighted by molar-refractivity contribution is 0.0733. The van der Waals surface area contributed by atoms with Gasteiger partial charge in [-0.1, -0.05) is 0 Å². The van der Waals surface area contributed by atoms with Gasteiger partial charge in [-0.15, -0.1) is 0 Å². The highest BCUT2D eigenvalue weighted by Crippen LogP contribution is 2.18. The van der Waals surface area contributed by atoms with Crippen molar-refractivity contribution >= 4 is 16.8 Å². The van der Waals surface area contributed by atoms with Crippen LogP contribution in [0.25, 0.3) is 10.9 Å². The molecule has 0 spiro atoms. The second kappa shape index (κ2) is 5.83. The number of aromatic amines is 1. The van der Waals surface area contributed by atoms with Crippen LogP contribution in [-0.2, 0) is 0 Å². The van der Waals surface area contributed by atoms with E-state index in [0.29, 0.717) is 11.9 Å². The predicted molar refractivity (Wildman–Crippen MR) is 73.2 cm³/mol. The van der Waals surface area contributed by atoms with Crippen LogP contribution >= 0.6 is 0 Å². The number of rotatable bonds is 4. The standard InChI is InChI=1S/C14H15FN2O3/c1-2-17(5-6-18)14(20)11-8-13(19)16-12-7-9(15)3-4-10(11)12/h3-4,7-8,18H,2,5-6H2,1H3,(H,16,19). The van der Waals surface area contributed by atoms with Gasteiger partial charge in [-0.2, -0.15) is 0 Å². The first-order valence-corrected chi connectivity index (χ1v) is 6.29. The van der Waals surface area contributed by atoms with E-state index >= 15 is 0 Å². The summed E-state index contributed by atoms with van der Waals surface area (Å²) in [5.74, 6) is -0.843. The third kappa shape index (κ3) is 2.70. The molecule has 1 aromatic heterocycles. The number of hydrogen-bond donors (Lipinski definition) is 2. The second-order valence-electron chi connectivity index (χ2n) is 4.35. The lowest BCUT2D eigenvalue weighted by Gasteiger charge is -2.20. The van der Waals surface area contributed by atoms with E-state index in [1.54, 1.807) is 6.92 Å². The van der Waals surface area contributed by atoms with Crippen molar-refractivity contribution in [1.82, 2.24) is 9.88 Å². The van der Waals surface area contributed by atoms with Gasteiger partial charge in [0.15, 0.2) is 0 Å². The maximum absolute atomic E-state index is 13.2. The van der Waals surface area contributed by atoms with Crippen molar-refractivity contribution in [2.75, 3.05) is 19.7 Å². The minimum atomic E-state index is -0.486. The summed E-state index contributed by atoms with van der Waals surface area (Å²) < 4.78 is 13.2. The molecule has 0 atom stereocenters. The zero-order valence-corrected chi connectivity index (χ0v) is 11.0. The van der Waals surface area contributed by atoms with Crippen molar-refractivity contribution in [2.24, 2.45) is 0 Å². The van der Waals surface area contributed by atoms with Gasteiger partial charge in [0.2, 0.25) is 5.56 Å². The van der Waals surface area contributed by atoms with Gasteiger partial charge in [0, 0.05) is 24.5 Å². The van der Waals surface area contributed by atoms with Crippen molar-refractivity contribution in [1.29, 1.82) is 0 Å². The van der Waals surface area contributed by atoms with Crippen LogP contribution in [0.4, 0.5) is 4.39 Å². The minimum Gasteiger partial charge on any atom is -0.395 e. The zero-order valence-electron chi connectivity index (χ0n) is 11.0. The second-order valence-corrected chi connectivity index (χ2v) is 4.35. The highest BCUT2D eigenvalue weighted by Gasteiger charge is 2.17. The van der Waals surface area contributed by atoms with Gasteiger partial charge < -0.3 is 15.0 Å². The van der Waals surface area contributed by atoms with Crippen LogP contribution in [-0.4, -0.2) is 40.6 Å². The SMILES string of the molecule is CCN(CCO)C(=O)c1cc(=O)[nH]c2cc(F)ccc12. The van der Waals surface area contributed by atoms with E-state index in [4.69, 9.17) is 5.11 Å². The monoisotopic (exact) mass is 278 g/mol. The van der Waals surface area contributed by atoms with E-state index in [-0.39, 0.29) is 30.1 Å². The molecule has 2 aromatic rings. The summed E-state index contributed by atoms with van der Waals surface area (Å²) in [5.41, 5.74) is 0.0199. The van der Waals surface area contributed by atoms with Crippen LogP contribution in [0.2, 0.25) is 0 Å². The molecule has 20 heavy (non-hydrogen) atoms. The van der Waals surface area contributed by atoms with Crippen molar-refractivity contribution in [3.8, 4) is 0 Å². The number of nitrogens with one attached hydrogen (secondary N) is 1. The van der Waals surface area contributed by atoms with Crippen molar-refractivity contribution in [3.63, 3.8) is 0 Å². The Balaban J connectivity index is 2.58.